The Morgan fingerprint density at radius 3 is 3.15 bits per heavy atom. The fourth-order valence-electron chi connectivity index (χ4n) is 1.33. The predicted octanol–water partition coefficient (Wildman–Crippen LogP) is 0.413. The molecule has 1 aromatic rings. The Morgan fingerprint density at radius 2 is 2.38 bits per heavy atom. The van der Waals surface area contributed by atoms with E-state index in [9.17, 15) is 4.79 Å². The van der Waals surface area contributed by atoms with Crippen LogP contribution in [0.1, 0.15) is 18.4 Å². The number of hydrogen-bond acceptors (Lipinski definition) is 4. The molecule has 1 aromatic heterocycles. The molecule has 0 fully saturated rings. The van der Waals surface area contributed by atoms with E-state index in [1.165, 1.54) is 0 Å². The number of aromatic nitrogens is 1. The third kappa shape index (κ3) is 1.26. The molecule has 13 heavy (non-hydrogen) atoms. The first-order chi connectivity index (χ1) is 6.18. The summed E-state index contributed by atoms with van der Waals surface area (Å²) < 4.78 is 4.99. The van der Waals surface area contributed by atoms with Gasteiger partial charge in [-0.15, -0.1) is 0 Å². The van der Waals surface area contributed by atoms with Crippen LogP contribution in [0.2, 0.25) is 0 Å². The molecule has 1 aliphatic heterocycles. The number of nitrogens with one attached hydrogen (secondary N) is 2. The van der Waals surface area contributed by atoms with Crippen LogP contribution in [-0.4, -0.2) is 17.1 Å². The van der Waals surface area contributed by atoms with Crippen LogP contribution in [0.5, 0.6) is 0 Å². The summed E-state index contributed by atoms with van der Waals surface area (Å²) in [4.78, 5) is 11.3. The van der Waals surface area contributed by atoms with Gasteiger partial charge in [0.15, 0.2) is 5.76 Å². The number of rotatable bonds is 0. The molecule has 70 valence electrons. The minimum Gasteiger partial charge on any atom is -0.369 e. The largest absolute Gasteiger partial charge is 0.369 e. The predicted molar refractivity (Wildman–Crippen MR) is 46.2 cm³/mol. The van der Waals surface area contributed by atoms with Gasteiger partial charge in [0.05, 0.1) is 6.54 Å². The van der Waals surface area contributed by atoms with Gasteiger partial charge in [0.2, 0.25) is 5.91 Å². The molecule has 0 spiro atoms. The molecule has 1 atom stereocenters. The number of carbonyl (C=O) groups excluding carboxylic acids is 1. The number of nitrogens with zero attached hydrogens (tertiary/aromatic N) is 1. The highest BCUT2D eigenvalue weighted by atomic mass is 16.5. The summed E-state index contributed by atoms with van der Waals surface area (Å²) in [5.74, 6) is 0.704. The summed E-state index contributed by atoms with van der Waals surface area (Å²) in [7, 11) is 0. The van der Waals surface area contributed by atoms with Gasteiger partial charge in [0, 0.05) is 0 Å². The second-order valence-electron chi connectivity index (χ2n) is 3.14. The van der Waals surface area contributed by atoms with Crippen LogP contribution in [0, 0.1) is 6.92 Å². The number of fused-ring (bicyclic) bond motifs is 1. The van der Waals surface area contributed by atoms with Gasteiger partial charge in [0.25, 0.3) is 0 Å². The fraction of sp³-hybridized carbons (Fsp3) is 0.500. The molecule has 2 rings (SSSR count). The molecule has 5 heteroatoms. The first-order valence-corrected chi connectivity index (χ1v) is 4.18. The van der Waals surface area contributed by atoms with Crippen molar-refractivity contribution in [1.82, 2.24) is 10.5 Å². The Kier molecular flexibility index (Phi) is 1.72. The Hall–Kier alpha value is -1.52. The lowest BCUT2D eigenvalue weighted by Gasteiger charge is -2.08. The molecular weight excluding hydrogens is 170 g/mol. The van der Waals surface area contributed by atoms with E-state index in [0.717, 1.165) is 17.1 Å². The third-order valence-corrected chi connectivity index (χ3v) is 2.12. The van der Waals surface area contributed by atoms with E-state index in [4.69, 9.17) is 4.52 Å². The molecule has 0 saturated carbocycles. The fourth-order valence-corrected chi connectivity index (χ4v) is 1.33. The molecule has 0 bridgehead atoms. The first-order valence-electron chi connectivity index (χ1n) is 4.18. The van der Waals surface area contributed by atoms with Gasteiger partial charge in [-0.1, -0.05) is 5.16 Å². The molecular formula is C8H11N3O2. The van der Waals surface area contributed by atoms with Crippen molar-refractivity contribution >= 4 is 11.6 Å². The van der Waals surface area contributed by atoms with Crippen molar-refractivity contribution in [3.8, 4) is 0 Å². The van der Waals surface area contributed by atoms with Gasteiger partial charge in [0.1, 0.15) is 17.4 Å². The average molecular weight is 181 g/mol. The van der Waals surface area contributed by atoms with E-state index in [2.05, 4.69) is 15.8 Å². The molecule has 1 aliphatic rings. The van der Waals surface area contributed by atoms with Crippen molar-refractivity contribution < 1.29 is 9.32 Å². The zero-order valence-electron chi connectivity index (χ0n) is 7.55. The van der Waals surface area contributed by atoms with Crippen LogP contribution in [-0.2, 0) is 11.3 Å². The maximum absolute atomic E-state index is 11.3. The van der Waals surface area contributed by atoms with Crippen molar-refractivity contribution in [3.63, 3.8) is 0 Å². The van der Waals surface area contributed by atoms with E-state index in [1.54, 1.807) is 6.92 Å². The minimum absolute atomic E-state index is 0.0163. The summed E-state index contributed by atoms with van der Waals surface area (Å²) in [5.41, 5.74) is 1.60. The van der Waals surface area contributed by atoms with Crippen LogP contribution in [0.4, 0.5) is 5.69 Å². The molecule has 1 amide bonds. The Morgan fingerprint density at radius 1 is 1.62 bits per heavy atom. The molecule has 0 aromatic carbocycles. The number of hydrogen-bond donors (Lipinski definition) is 2. The maximum Gasteiger partial charge on any atom is 0.242 e. The van der Waals surface area contributed by atoms with Crippen molar-refractivity contribution in [2.75, 3.05) is 5.32 Å². The van der Waals surface area contributed by atoms with Crippen molar-refractivity contribution in [2.24, 2.45) is 0 Å². The van der Waals surface area contributed by atoms with Gasteiger partial charge < -0.3 is 15.2 Å². The summed E-state index contributed by atoms with van der Waals surface area (Å²) in [6, 6.07) is -0.237. The Labute approximate surface area is 75.5 Å². The smallest absolute Gasteiger partial charge is 0.242 e. The third-order valence-electron chi connectivity index (χ3n) is 2.12. The van der Waals surface area contributed by atoms with Crippen molar-refractivity contribution in [3.05, 3.63) is 11.5 Å². The van der Waals surface area contributed by atoms with Crippen LogP contribution in [0.25, 0.3) is 0 Å². The van der Waals surface area contributed by atoms with Crippen molar-refractivity contribution in [2.45, 2.75) is 26.4 Å². The van der Waals surface area contributed by atoms with E-state index >= 15 is 0 Å². The lowest BCUT2D eigenvalue weighted by atomic mass is 10.3. The van der Waals surface area contributed by atoms with Crippen molar-refractivity contribution in [1.29, 1.82) is 0 Å². The van der Waals surface area contributed by atoms with E-state index in [0.29, 0.717) is 6.54 Å². The molecule has 1 unspecified atom stereocenters. The summed E-state index contributed by atoms with van der Waals surface area (Å²) >= 11 is 0. The van der Waals surface area contributed by atoms with Crippen LogP contribution < -0.4 is 10.6 Å². The standard InChI is InChI=1S/C8H11N3O2/c1-4-8(12)9-3-6-7(10-4)5(2)13-11-6/h4,10H,3H2,1-2H3,(H,9,12). The van der Waals surface area contributed by atoms with Gasteiger partial charge in [-0.05, 0) is 13.8 Å². The lowest BCUT2D eigenvalue weighted by Crippen LogP contribution is -2.34. The van der Waals surface area contributed by atoms with Crippen LogP contribution >= 0.6 is 0 Å². The van der Waals surface area contributed by atoms with Crippen LogP contribution in [0.3, 0.4) is 0 Å². The highest BCUT2D eigenvalue weighted by Crippen LogP contribution is 2.22. The molecule has 5 nitrogen and oxygen atoms in total. The van der Waals surface area contributed by atoms with E-state index in [-0.39, 0.29) is 11.9 Å². The van der Waals surface area contributed by atoms with Crippen LogP contribution in [0.15, 0.2) is 4.52 Å². The average Bonchev–Trinajstić information content (AvgIpc) is 2.37. The normalized spacial score (nSPS) is 21.4. The summed E-state index contributed by atoms with van der Waals surface area (Å²) in [6.45, 7) is 4.06. The van der Waals surface area contributed by atoms with Gasteiger partial charge >= 0.3 is 0 Å². The second-order valence-corrected chi connectivity index (χ2v) is 3.14. The summed E-state index contributed by atoms with van der Waals surface area (Å²) in [6.07, 6.45) is 0. The molecule has 2 N–H and O–H groups in total. The Balaban J connectivity index is 2.36. The minimum atomic E-state index is -0.237. The number of anilines is 1. The second kappa shape index (κ2) is 2.76. The quantitative estimate of drug-likeness (QED) is 0.608. The number of amides is 1. The molecule has 0 radical (unpaired) electrons. The van der Waals surface area contributed by atoms with Gasteiger partial charge in [-0.25, -0.2) is 0 Å². The maximum atomic E-state index is 11.3. The number of aryl methyl sites for hydroxylation is 1. The van der Waals surface area contributed by atoms with E-state index in [1.807, 2.05) is 6.92 Å². The SMILES string of the molecule is Cc1onc2c1NC(C)C(=O)NC2. The zero-order chi connectivity index (χ0) is 9.42. The highest BCUT2D eigenvalue weighted by molar-refractivity contribution is 5.85. The number of carbonyl (C=O) groups is 1. The molecule has 2 heterocycles. The monoisotopic (exact) mass is 181 g/mol. The summed E-state index contributed by atoms with van der Waals surface area (Å²) in [5, 5.41) is 9.62. The van der Waals surface area contributed by atoms with E-state index < -0.39 is 0 Å². The van der Waals surface area contributed by atoms with Gasteiger partial charge in [-0.2, -0.15) is 0 Å². The topological polar surface area (TPSA) is 67.2 Å². The van der Waals surface area contributed by atoms with Gasteiger partial charge in [-0.3, -0.25) is 4.79 Å². The lowest BCUT2D eigenvalue weighted by molar-refractivity contribution is -0.121. The zero-order valence-corrected chi connectivity index (χ0v) is 7.55. The molecule has 0 saturated heterocycles. The first kappa shape index (κ1) is 8.10. The Bertz CT molecular complexity index is 345. The highest BCUT2D eigenvalue weighted by Gasteiger charge is 2.23. The molecule has 0 aliphatic carbocycles.